The van der Waals surface area contributed by atoms with E-state index in [1.54, 1.807) is 6.92 Å². The topological polar surface area (TPSA) is 79.8 Å². The summed E-state index contributed by atoms with van der Waals surface area (Å²) in [5.74, 6) is -0.706. The molecule has 0 saturated heterocycles. The molecule has 0 spiro atoms. The maximum absolute atomic E-state index is 13.0. The molecule has 1 heterocycles. The number of alkyl halides is 3. The number of carbonyl (C=O) groups excluding carboxylic acids is 1. The summed E-state index contributed by atoms with van der Waals surface area (Å²) in [5, 5.41) is 11.8. The number of nitrogens with zero attached hydrogens (tertiary/aromatic N) is 3. The fourth-order valence-corrected chi connectivity index (χ4v) is 1.98. The average Bonchev–Trinajstić information content (AvgIpc) is 2.91. The van der Waals surface area contributed by atoms with Gasteiger partial charge in [0.1, 0.15) is 0 Å². The Morgan fingerprint density at radius 1 is 1.38 bits per heavy atom. The first-order chi connectivity index (χ1) is 9.91. The number of amides is 1. The van der Waals surface area contributed by atoms with E-state index in [9.17, 15) is 18.0 Å². The molecule has 0 bridgehead atoms. The van der Waals surface area contributed by atoms with Crippen molar-refractivity contribution in [2.75, 3.05) is 17.2 Å². The monoisotopic (exact) mass is 317 g/mol. The van der Waals surface area contributed by atoms with Gasteiger partial charge in [-0.25, -0.2) is 0 Å². The molecule has 1 amide bonds. The van der Waals surface area contributed by atoms with Gasteiger partial charge in [0.2, 0.25) is 5.13 Å². The lowest BCUT2D eigenvalue weighted by Gasteiger charge is -2.14. The quantitative estimate of drug-likeness (QED) is 0.906. The van der Waals surface area contributed by atoms with E-state index in [0.717, 1.165) is 17.6 Å². The zero-order valence-electron chi connectivity index (χ0n) is 10.7. The SMILES string of the molecule is CCNc1ccc(C(=O)Nc2nnns2)cc1C(F)(F)F. The fourth-order valence-electron chi connectivity index (χ4n) is 1.62. The molecule has 2 N–H and O–H groups in total. The second-order valence-corrected chi connectivity index (χ2v) is 4.64. The molecule has 0 saturated carbocycles. The van der Waals surface area contributed by atoms with Gasteiger partial charge in [-0.2, -0.15) is 13.2 Å². The molecule has 0 atom stereocenters. The van der Waals surface area contributed by atoms with Crippen LogP contribution in [0, 0.1) is 0 Å². The van der Waals surface area contributed by atoms with Gasteiger partial charge in [0.05, 0.1) is 5.56 Å². The van der Waals surface area contributed by atoms with Crippen LogP contribution in [0.1, 0.15) is 22.8 Å². The Morgan fingerprint density at radius 3 is 2.71 bits per heavy atom. The molecule has 2 rings (SSSR count). The lowest BCUT2D eigenvalue weighted by Crippen LogP contribution is -2.16. The third-order valence-corrected chi connectivity index (χ3v) is 2.99. The number of aromatic nitrogens is 3. The summed E-state index contributed by atoms with van der Waals surface area (Å²) in [6, 6.07) is 3.32. The van der Waals surface area contributed by atoms with Crippen molar-refractivity contribution < 1.29 is 18.0 Å². The van der Waals surface area contributed by atoms with Crippen LogP contribution in [0.5, 0.6) is 0 Å². The molecule has 21 heavy (non-hydrogen) atoms. The van der Waals surface area contributed by atoms with E-state index < -0.39 is 17.6 Å². The second kappa shape index (κ2) is 6.04. The van der Waals surface area contributed by atoms with Crippen molar-refractivity contribution in [1.82, 2.24) is 14.8 Å². The molecule has 112 valence electrons. The molecule has 1 aromatic heterocycles. The minimum absolute atomic E-state index is 0.0702. The molecule has 2 aromatic rings. The Morgan fingerprint density at radius 2 is 2.14 bits per heavy atom. The summed E-state index contributed by atoms with van der Waals surface area (Å²) in [4.78, 5) is 11.9. The van der Waals surface area contributed by atoms with Crippen LogP contribution < -0.4 is 10.6 Å². The highest BCUT2D eigenvalue weighted by molar-refractivity contribution is 7.09. The maximum atomic E-state index is 13.0. The summed E-state index contributed by atoms with van der Waals surface area (Å²) in [6.07, 6.45) is -4.56. The highest BCUT2D eigenvalue weighted by Crippen LogP contribution is 2.35. The van der Waals surface area contributed by atoms with Crippen LogP contribution in [0.15, 0.2) is 18.2 Å². The van der Waals surface area contributed by atoms with Crippen molar-refractivity contribution in [2.24, 2.45) is 0 Å². The number of rotatable bonds is 4. The second-order valence-electron chi connectivity index (χ2n) is 3.91. The summed E-state index contributed by atoms with van der Waals surface area (Å²) < 4.78 is 42.4. The lowest BCUT2D eigenvalue weighted by molar-refractivity contribution is -0.137. The van der Waals surface area contributed by atoms with Crippen molar-refractivity contribution in [3.8, 4) is 0 Å². The number of nitrogens with one attached hydrogen (secondary N) is 2. The third kappa shape index (κ3) is 3.66. The number of benzene rings is 1. The maximum Gasteiger partial charge on any atom is 0.418 e. The highest BCUT2D eigenvalue weighted by Gasteiger charge is 2.34. The van der Waals surface area contributed by atoms with Crippen molar-refractivity contribution in [3.05, 3.63) is 29.3 Å². The largest absolute Gasteiger partial charge is 0.418 e. The van der Waals surface area contributed by atoms with E-state index in [-0.39, 0.29) is 16.4 Å². The first-order valence-corrected chi connectivity index (χ1v) is 6.60. The van der Waals surface area contributed by atoms with Gasteiger partial charge in [0.25, 0.3) is 5.91 Å². The molecule has 0 aliphatic carbocycles. The van der Waals surface area contributed by atoms with Crippen LogP contribution in [0.2, 0.25) is 0 Å². The van der Waals surface area contributed by atoms with Crippen LogP contribution in [0.25, 0.3) is 0 Å². The van der Waals surface area contributed by atoms with Crippen molar-refractivity contribution >= 4 is 28.3 Å². The molecule has 0 fully saturated rings. The molecule has 1 aromatic carbocycles. The van der Waals surface area contributed by atoms with Crippen LogP contribution in [-0.4, -0.2) is 27.3 Å². The number of halogens is 3. The van der Waals surface area contributed by atoms with E-state index >= 15 is 0 Å². The third-order valence-electron chi connectivity index (χ3n) is 2.47. The molecule has 10 heteroatoms. The fraction of sp³-hybridized carbons (Fsp3) is 0.273. The van der Waals surface area contributed by atoms with Crippen LogP contribution in [-0.2, 0) is 6.18 Å². The zero-order chi connectivity index (χ0) is 15.5. The van der Waals surface area contributed by atoms with Gasteiger partial charge in [0.15, 0.2) is 0 Å². The zero-order valence-corrected chi connectivity index (χ0v) is 11.5. The summed E-state index contributed by atoms with van der Waals surface area (Å²) in [5.41, 5.74) is -1.09. The van der Waals surface area contributed by atoms with Crippen LogP contribution in [0.4, 0.5) is 24.0 Å². The Kier molecular flexibility index (Phi) is 4.36. The number of hydrogen-bond acceptors (Lipinski definition) is 6. The van der Waals surface area contributed by atoms with Gasteiger partial charge in [-0.1, -0.05) is 9.59 Å². The predicted octanol–water partition coefficient (Wildman–Crippen LogP) is 2.64. The summed E-state index contributed by atoms with van der Waals surface area (Å²) in [6.45, 7) is 2.02. The molecule has 0 unspecified atom stereocenters. The van der Waals surface area contributed by atoms with Gasteiger partial charge in [-0.05, 0) is 30.3 Å². The van der Waals surface area contributed by atoms with Gasteiger partial charge in [0, 0.05) is 29.3 Å². The summed E-state index contributed by atoms with van der Waals surface area (Å²) in [7, 11) is 0. The van der Waals surface area contributed by atoms with E-state index in [1.807, 2.05) is 0 Å². The van der Waals surface area contributed by atoms with Gasteiger partial charge < -0.3 is 5.32 Å². The van der Waals surface area contributed by atoms with Crippen molar-refractivity contribution in [1.29, 1.82) is 0 Å². The van der Waals surface area contributed by atoms with E-state index in [4.69, 9.17) is 0 Å². The predicted molar refractivity (Wildman–Crippen MR) is 71.3 cm³/mol. The van der Waals surface area contributed by atoms with Crippen molar-refractivity contribution in [3.63, 3.8) is 0 Å². The van der Waals surface area contributed by atoms with Crippen LogP contribution >= 0.6 is 11.5 Å². The van der Waals surface area contributed by atoms with Crippen molar-refractivity contribution in [2.45, 2.75) is 13.1 Å². The lowest BCUT2D eigenvalue weighted by atomic mass is 10.1. The minimum atomic E-state index is -4.56. The number of carbonyl (C=O) groups is 1. The highest BCUT2D eigenvalue weighted by atomic mass is 32.1. The molecule has 6 nitrogen and oxygen atoms in total. The minimum Gasteiger partial charge on any atom is -0.385 e. The molecule has 0 aliphatic rings. The molecule has 0 radical (unpaired) electrons. The smallest absolute Gasteiger partial charge is 0.385 e. The Balaban J connectivity index is 2.30. The first-order valence-electron chi connectivity index (χ1n) is 5.83. The van der Waals surface area contributed by atoms with Gasteiger partial charge in [-0.3, -0.25) is 10.1 Å². The number of anilines is 2. The Labute approximate surface area is 121 Å². The van der Waals surface area contributed by atoms with Crippen LogP contribution in [0.3, 0.4) is 0 Å². The first kappa shape index (κ1) is 15.2. The average molecular weight is 317 g/mol. The standard InChI is InChI=1S/C11H10F3N5OS/c1-2-15-8-4-3-6(5-7(8)11(12,13)14)9(20)16-10-17-18-19-21-10/h3-5,15H,2H2,1H3,(H,16,17,19,20). The van der Waals surface area contributed by atoms with Gasteiger partial charge >= 0.3 is 6.18 Å². The normalized spacial score (nSPS) is 11.2. The Hall–Kier alpha value is -2.23. The van der Waals surface area contributed by atoms with E-state index in [0.29, 0.717) is 6.54 Å². The van der Waals surface area contributed by atoms with E-state index in [1.165, 1.54) is 12.1 Å². The Bertz CT molecular complexity index is 629. The summed E-state index contributed by atoms with van der Waals surface area (Å²) >= 11 is 0.828. The molecular formula is C11H10F3N5OS. The van der Waals surface area contributed by atoms with E-state index in [2.05, 4.69) is 25.4 Å². The molecule has 0 aliphatic heterocycles. The molecular weight excluding hydrogens is 307 g/mol. The van der Waals surface area contributed by atoms with Gasteiger partial charge in [-0.15, -0.1) is 0 Å². The number of hydrogen-bond donors (Lipinski definition) is 2.